The Bertz CT molecular complexity index is 750. The number of aliphatic hydroxyl groups is 1. The van der Waals surface area contributed by atoms with Gasteiger partial charge < -0.3 is 19.0 Å². The van der Waals surface area contributed by atoms with Crippen LogP contribution in [-0.4, -0.2) is 32.7 Å². The van der Waals surface area contributed by atoms with Gasteiger partial charge in [-0.3, -0.25) is 0 Å². The molecule has 0 saturated heterocycles. The van der Waals surface area contributed by atoms with Crippen LogP contribution < -0.4 is 4.74 Å². The highest BCUT2D eigenvalue weighted by Crippen LogP contribution is 2.32. The average molecular weight is 443 g/mol. The predicted octanol–water partition coefficient (Wildman–Crippen LogP) is 6.28. The van der Waals surface area contributed by atoms with Gasteiger partial charge in [-0.25, -0.2) is 0 Å². The van der Waals surface area contributed by atoms with Gasteiger partial charge in [-0.15, -0.1) is 6.58 Å². The fourth-order valence-corrected chi connectivity index (χ4v) is 6.72. The SMILES string of the molecule is C=CC[C@H](OCc1ccc(OC)cc1)[C@H](O[Si](CC)(CC)CC)C(O)c1ccccc1. The van der Waals surface area contributed by atoms with Crippen molar-refractivity contribution in [3.8, 4) is 5.75 Å². The van der Waals surface area contributed by atoms with Crippen LogP contribution >= 0.6 is 0 Å². The highest BCUT2D eigenvalue weighted by Gasteiger charge is 2.39. The number of aliphatic hydroxyl groups excluding tert-OH is 1. The molecule has 1 unspecified atom stereocenters. The molecule has 0 heterocycles. The molecule has 3 atom stereocenters. The van der Waals surface area contributed by atoms with Crippen LogP contribution in [0.3, 0.4) is 0 Å². The highest BCUT2D eigenvalue weighted by molar-refractivity contribution is 6.73. The van der Waals surface area contributed by atoms with Crippen LogP contribution in [-0.2, 0) is 15.8 Å². The molecule has 2 rings (SSSR count). The summed E-state index contributed by atoms with van der Waals surface area (Å²) in [6, 6.07) is 20.6. The van der Waals surface area contributed by atoms with Crippen molar-refractivity contribution >= 4 is 8.32 Å². The summed E-state index contributed by atoms with van der Waals surface area (Å²) >= 11 is 0. The maximum Gasteiger partial charge on any atom is 0.192 e. The molecule has 170 valence electrons. The van der Waals surface area contributed by atoms with E-state index in [0.29, 0.717) is 13.0 Å². The maximum atomic E-state index is 11.4. The molecule has 0 radical (unpaired) electrons. The molecular weight excluding hydrogens is 404 g/mol. The van der Waals surface area contributed by atoms with Gasteiger partial charge in [0.1, 0.15) is 18.0 Å². The number of rotatable bonds is 14. The molecule has 31 heavy (non-hydrogen) atoms. The van der Waals surface area contributed by atoms with Gasteiger partial charge in [-0.05, 0) is 47.8 Å². The molecule has 2 aromatic carbocycles. The van der Waals surface area contributed by atoms with Gasteiger partial charge in [-0.2, -0.15) is 0 Å². The van der Waals surface area contributed by atoms with Crippen molar-refractivity contribution < 1.29 is 19.0 Å². The second-order valence-corrected chi connectivity index (χ2v) is 12.6. The molecular formula is C26H38O4Si. The zero-order valence-corrected chi connectivity index (χ0v) is 20.4. The molecule has 2 aromatic rings. The van der Waals surface area contributed by atoms with Gasteiger partial charge in [0, 0.05) is 0 Å². The Balaban J connectivity index is 2.29. The number of benzene rings is 2. The zero-order chi connectivity index (χ0) is 22.7. The first kappa shape index (κ1) is 25.3. The molecule has 0 amide bonds. The minimum atomic E-state index is -1.98. The van der Waals surface area contributed by atoms with Crippen molar-refractivity contribution in [2.24, 2.45) is 0 Å². The van der Waals surface area contributed by atoms with Gasteiger partial charge >= 0.3 is 0 Å². The zero-order valence-electron chi connectivity index (χ0n) is 19.4. The standard InChI is InChI=1S/C26H38O4Si/c1-6-13-24(29-20-21-16-18-23(28-5)19-17-21)26(30-31(7-2,8-3)9-4)25(27)22-14-11-10-12-15-22/h6,10-12,14-19,24-27H,1,7-9,13,20H2,2-5H3/t24-,25?,26-/m0/s1. The number of methoxy groups -OCH3 is 1. The molecule has 0 fully saturated rings. The molecule has 4 nitrogen and oxygen atoms in total. The van der Waals surface area contributed by atoms with Crippen LogP contribution in [0.1, 0.15) is 44.4 Å². The Morgan fingerprint density at radius 3 is 2.10 bits per heavy atom. The minimum absolute atomic E-state index is 0.300. The second-order valence-electron chi connectivity index (χ2n) is 7.90. The molecule has 0 aromatic heterocycles. The second kappa shape index (κ2) is 12.8. The van der Waals surface area contributed by atoms with E-state index in [9.17, 15) is 5.11 Å². The lowest BCUT2D eigenvalue weighted by Gasteiger charge is -2.39. The Hall–Kier alpha value is -1.92. The van der Waals surface area contributed by atoms with E-state index in [-0.39, 0.29) is 6.10 Å². The largest absolute Gasteiger partial charge is 0.497 e. The Kier molecular flexibility index (Phi) is 10.5. The Labute approximate surface area is 189 Å². The van der Waals surface area contributed by atoms with Gasteiger partial charge in [0.25, 0.3) is 0 Å². The summed E-state index contributed by atoms with van der Waals surface area (Å²) in [7, 11) is -0.323. The smallest absolute Gasteiger partial charge is 0.192 e. The number of hydrogen-bond acceptors (Lipinski definition) is 4. The van der Waals surface area contributed by atoms with Crippen LogP contribution in [0.5, 0.6) is 5.75 Å². The average Bonchev–Trinajstić information content (AvgIpc) is 2.84. The van der Waals surface area contributed by atoms with Gasteiger partial charge in [-0.1, -0.05) is 69.3 Å². The van der Waals surface area contributed by atoms with E-state index in [1.165, 1.54) is 0 Å². The van der Waals surface area contributed by atoms with E-state index in [2.05, 4.69) is 27.4 Å². The third kappa shape index (κ3) is 7.04. The molecule has 5 heteroatoms. The summed E-state index contributed by atoms with van der Waals surface area (Å²) in [6.07, 6.45) is 0.932. The van der Waals surface area contributed by atoms with Crippen molar-refractivity contribution in [3.63, 3.8) is 0 Å². The molecule has 1 N–H and O–H groups in total. The van der Waals surface area contributed by atoms with Crippen LogP contribution in [0.25, 0.3) is 0 Å². The Morgan fingerprint density at radius 1 is 0.968 bits per heavy atom. The molecule has 0 spiro atoms. The van der Waals surface area contributed by atoms with Crippen molar-refractivity contribution in [2.45, 2.75) is 70.2 Å². The summed E-state index contributed by atoms with van der Waals surface area (Å²) in [5.74, 6) is 0.816. The van der Waals surface area contributed by atoms with Gasteiger partial charge in [0.2, 0.25) is 0 Å². The fraction of sp³-hybridized carbons (Fsp3) is 0.462. The van der Waals surface area contributed by atoms with Crippen LogP contribution in [0.2, 0.25) is 18.1 Å². The van der Waals surface area contributed by atoms with E-state index in [1.54, 1.807) is 7.11 Å². The first-order chi connectivity index (χ1) is 15.0. The maximum absolute atomic E-state index is 11.4. The summed E-state index contributed by atoms with van der Waals surface area (Å²) in [5, 5.41) is 11.4. The van der Waals surface area contributed by atoms with Gasteiger partial charge in [0.05, 0.1) is 19.8 Å². The minimum Gasteiger partial charge on any atom is -0.497 e. The lowest BCUT2D eigenvalue weighted by atomic mass is 9.98. The van der Waals surface area contributed by atoms with Gasteiger partial charge in [0.15, 0.2) is 8.32 Å². The van der Waals surface area contributed by atoms with Crippen molar-refractivity contribution in [1.82, 2.24) is 0 Å². The molecule has 0 aliphatic carbocycles. The predicted molar refractivity (Wildman–Crippen MR) is 130 cm³/mol. The van der Waals surface area contributed by atoms with Crippen molar-refractivity contribution in [2.75, 3.05) is 7.11 Å². The van der Waals surface area contributed by atoms with E-state index >= 15 is 0 Å². The number of hydrogen-bond donors (Lipinski definition) is 1. The molecule has 0 aliphatic heterocycles. The summed E-state index contributed by atoms with van der Waals surface area (Å²) in [6.45, 7) is 11.0. The van der Waals surface area contributed by atoms with E-state index < -0.39 is 20.5 Å². The van der Waals surface area contributed by atoms with E-state index in [4.69, 9.17) is 13.9 Å². The van der Waals surface area contributed by atoms with Crippen LogP contribution in [0.15, 0.2) is 67.3 Å². The topological polar surface area (TPSA) is 47.9 Å². The third-order valence-corrected chi connectivity index (χ3v) is 10.8. The first-order valence-electron chi connectivity index (χ1n) is 11.3. The summed E-state index contributed by atoms with van der Waals surface area (Å²) in [5.41, 5.74) is 1.90. The fourth-order valence-electron chi connectivity index (χ4n) is 3.86. The Morgan fingerprint density at radius 2 is 1.58 bits per heavy atom. The quantitative estimate of drug-likeness (QED) is 0.276. The van der Waals surface area contributed by atoms with Crippen molar-refractivity contribution in [3.05, 3.63) is 78.4 Å². The first-order valence-corrected chi connectivity index (χ1v) is 13.8. The lowest BCUT2D eigenvalue weighted by Crippen LogP contribution is -2.47. The van der Waals surface area contributed by atoms with E-state index in [1.807, 2.05) is 60.7 Å². The van der Waals surface area contributed by atoms with Crippen LogP contribution in [0, 0.1) is 0 Å². The third-order valence-electron chi connectivity index (χ3n) is 6.16. The summed E-state index contributed by atoms with van der Waals surface area (Å²) in [4.78, 5) is 0. The van der Waals surface area contributed by atoms with Crippen LogP contribution in [0.4, 0.5) is 0 Å². The molecule has 0 saturated carbocycles. The normalized spacial score (nSPS) is 14.6. The number of ether oxygens (including phenoxy) is 2. The monoisotopic (exact) mass is 442 g/mol. The molecule has 0 bridgehead atoms. The summed E-state index contributed by atoms with van der Waals surface area (Å²) < 4.78 is 18.4. The van der Waals surface area contributed by atoms with Crippen molar-refractivity contribution in [1.29, 1.82) is 0 Å². The lowest BCUT2D eigenvalue weighted by molar-refractivity contribution is -0.0879. The van der Waals surface area contributed by atoms with E-state index in [0.717, 1.165) is 35.0 Å². The highest BCUT2D eigenvalue weighted by atomic mass is 28.4. The molecule has 0 aliphatic rings.